The molecule has 0 saturated heterocycles. The first kappa shape index (κ1) is 16.2. The molecule has 3 heteroatoms. The Kier molecular flexibility index (Phi) is 5.34. The first-order valence-corrected chi connectivity index (χ1v) is 7.57. The average Bonchev–Trinajstić information content (AvgIpc) is 2.52. The van der Waals surface area contributed by atoms with Gasteiger partial charge in [-0.25, -0.2) is 0 Å². The number of carbonyl (C=O) groups excluding carboxylic acids is 1. The van der Waals surface area contributed by atoms with E-state index in [0.717, 1.165) is 11.1 Å². The van der Waals surface area contributed by atoms with Gasteiger partial charge in [0.15, 0.2) is 0 Å². The smallest absolute Gasteiger partial charge is 0.254 e. The number of benzene rings is 2. The van der Waals surface area contributed by atoms with Gasteiger partial charge in [-0.05, 0) is 44.0 Å². The molecular formula is C19H23NO2. The molecule has 0 aliphatic rings. The lowest BCUT2D eigenvalue weighted by atomic mass is 10.1. The van der Waals surface area contributed by atoms with Gasteiger partial charge in [-0.3, -0.25) is 4.79 Å². The maximum atomic E-state index is 12.7. The predicted molar refractivity (Wildman–Crippen MR) is 88.6 cm³/mol. The van der Waals surface area contributed by atoms with Crippen LogP contribution in [0.25, 0.3) is 0 Å². The van der Waals surface area contributed by atoms with E-state index in [4.69, 9.17) is 5.11 Å². The van der Waals surface area contributed by atoms with E-state index < -0.39 is 0 Å². The molecule has 0 unspecified atom stereocenters. The van der Waals surface area contributed by atoms with Gasteiger partial charge in [0.2, 0.25) is 0 Å². The molecule has 116 valence electrons. The minimum atomic E-state index is -0.00828. The molecule has 0 fully saturated rings. The van der Waals surface area contributed by atoms with Crippen molar-refractivity contribution >= 4 is 5.91 Å². The van der Waals surface area contributed by atoms with Crippen LogP contribution in [0.4, 0.5) is 0 Å². The molecule has 2 aromatic carbocycles. The van der Waals surface area contributed by atoms with E-state index in [-0.39, 0.29) is 18.6 Å². The molecule has 0 atom stereocenters. The van der Waals surface area contributed by atoms with Crippen molar-refractivity contribution in [3.05, 3.63) is 70.8 Å². The van der Waals surface area contributed by atoms with Crippen molar-refractivity contribution in [1.29, 1.82) is 0 Å². The Hall–Kier alpha value is -2.13. The SMILES string of the molecule is Cc1cccc(CN(C(=O)c2ccc(CO)cc2)C(C)C)c1. The number of hydrogen-bond donors (Lipinski definition) is 1. The molecule has 0 aliphatic heterocycles. The van der Waals surface area contributed by atoms with Gasteiger partial charge >= 0.3 is 0 Å². The number of amides is 1. The van der Waals surface area contributed by atoms with Crippen LogP contribution >= 0.6 is 0 Å². The van der Waals surface area contributed by atoms with Gasteiger partial charge in [-0.15, -0.1) is 0 Å². The van der Waals surface area contributed by atoms with Crippen LogP contribution in [0.1, 0.15) is 40.9 Å². The fourth-order valence-corrected chi connectivity index (χ4v) is 2.41. The van der Waals surface area contributed by atoms with Crippen molar-refractivity contribution in [1.82, 2.24) is 4.90 Å². The van der Waals surface area contributed by atoms with Gasteiger partial charge in [0.1, 0.15) is 0 Å². The summed E-state index contributed by atoms with van der Waals surface area (Å²) in [6.07, 6.45) is 0. The van der Waals surface area contributed by atoms with Crippen LogP contribution in [0.5, 0.6) is 0 Å². The highest BCUT2D eigenvalue weighted by Crippen LogP contribution is 2.15. The van der Waals surface area contributed by atoms with Crippen molar-refractivity contribution < 1.29 is 9.90 Å². The van der Waals surface area contributed by atoms with Gasteiger partial charge in [-0.2, -0.15) is 0 Å². The third-order valence-electron chi connectivity index (χ3n) is 3.70. The number of hydrogen-bond acceptors (Lipinski definition) is 2. The molecule has 2 aromatic rings. The maximum absolute atomic E-state index is 12.7. The minimum Gasteiger partial charge on any atom is -0.392 e. The van der Waals surface area contributed by atoms with Crippen LogP contribution < -0.4 is 0 Å². The Morgan fingerprint density at radius 3 is 2.32 bits per heavy atom. The molecule has 1 N–H and O–H groups in total. The number of rotatable bonds is 5. The average molecular weight is 297 g/mol. The van der Waals surface area contributed by atoms with Gasteiger partial charge in [0.05, 0.1) is 6.61 Å². The van der Waals surface area contributed by atoms with Crippen LogP contribution in [-0.4, -0.2) is 22.0 Å². The number of aliphatic hydroxyl groups excluding tert-OH is 1. The summed E-state index contributed by atoms with van der Waals surface area (Å²) in [5, 5.41) is 9.09. The van der Waals surface area contributed by atoms with Crippen molar-refractivity contribution in [2.45, 2.75) is 40.0 Å². The van der Waals surface area contributed by atoms with Crippen LogP contribution in [-0.2, 0) is 13.2 Å². The number of aryl methyl sites for hydroxylation is 1. The van der Waals surface area contributed by atoms with Gasteiger partial charge in [0, 0.05) is 18.2 Å². The molecule has 0 saturated carbocycles. The Morgan fingerprint density at radius 1 is 1.09 bits per heavy atom. The highest BCUT2D eigenvalue weighted by Gasteiger charge is 2.19. The highest BCUT2D eigenvalue weighted by atomic mass is 16.3. The summed E-state index contributed by atoms with van der Waals surface area (Å²) >= 11 is 0. The lowest BCUT2D eigenvalue weighted by Gasteiger charge is -2.27. The molecule has 0 aliphatic carbocycles. The van der Waals surface area contributed by atoms with E-state index in [1.165, 1.54) is 5.56 Å². The Labute approximate surface area is 132 Å². The second kappa shape index (κ2) is 7.23. The van der Waals surface area contributed by atoms with Crippen molar-refractivity contribution in [3.8, 4) is 0 Å². The molecule has 0 bridgehead atoms. The third-order valence-corrected chi connectivity index (χ3v) is 3.70. The Balaban J connectivity index is 2.21. The normalized spacial score (nSPS) is 10.8. The van der Waals surface area contributed by atoms with E-state index in [1.807, 2.05) is 30.9 Å². The number of nitrogens with zero attached hydrogens (tertiary/aromatic N) is 1. The first-order chi connectivity index (χ1) is 10.5. The topological polar surface area (TPSA) is 40.5 Å². The summed E-state index contributed by atoms with van der Waals surface area (Å²) in [6, 6.07) is 15.5. The Morgan fingerprint density at radius 2 is 1.77 bits per heavy atom. The summed E-state index contributed by atoms with van der Waals surface area (Å²) in [7, 11) is 0. The van der Waals surface area contributed by atoms with Crippen LogP contribution in [0, 0.1) is 6.92 Å². The Bertz CT molecular complexity index is 632. The number of aliphatic hydroxyl groups is 1. The fourth-order valence-electron chi connectivity index (χ4n) is 2.41. The summed E-state index contributed by atoms with van der Waals surface area (Å²) in [5.74, 6) is 0.0148. The number of carbonyl (C=O) groups is 1. The summed E-state index contributed by atoms with van der Waals surface area (Å²) in [6.45, 7) is 6.69. The van der Waals surface area contributed by atoms with Crippen molar-refractivity contribution in [2.24, 2.45) is 0 Å². The second-order valence-electron chi connectivity index (χ2n) is 5.87. The first-order valence-electron chi connectivity index (χ1n) is 7.57. The minimum absolute atomic E-state index is 0.00828. The molecule has 0 aromatic heterocycles. The van der Waals surface area contributed by atoms with E-state index in [9.17, 15) is 4.79 Å². The second-order valence-corrected chi connectivity index (χ2v) is 5.87. The molecule has 22 heavy (non-hydrogen) atoms. The zero-order valence-corrected chi connectivity index (χ0v) is 13.4. The fraction of sp³-hybridized carbons (Fsp3) is 0.316. The molecule has 0 radical (unpaired) electrons. The van der Waals surface area contributed by atoms with Crippen molar-refractivity contribution in [2.75, 3.05) is 0 Å². The van der Waals surface area contributed by atoms with E-state index >= 15 is 0 Å². The maximum Gasteiger partial charge on any atom is 0.254 e. The van der Waals surface area contributed by atoms with Crippen molar-refractivity contribution in [3.63, 3.8) is 0 Å². The van der Waals surface area contributed by atoms with Crippen LogP contribution in [0.3, 0.4) is 0 Å². The van der Waals surface area contributed by atoms with E-state index in [2.05, 4.69) is 19.1 Å². The monoisotopic (exact) mass is 297 g/mol. The predicted octanol–water partition coefficient (Wildman–Crippen LogP) is 3.54. The molecule has 0 heterocycles. The summed E-state index contributed by atoms with van der Waals surface area (Å²) in [4.78, 5) is 14.6. The zero-order chi connectivity index (χ0) is 16.1. The van der Waals surface area contributed by atoms with Crippen LogP contribution in [0.2, 0.25) is 0 Å². The van der Waals surface area contributed by atoms with E-state index in [0.29, 0.717) is 12.1 Å². The molecule has 2 rings (SSSR count). The van der Waals surface area contributed by atoms with Gasteiger partial charge in [0.25, 0.3) is 5.91 Å². The van der Waals surface area contributed by atoms with Gasteiger partial charge in [-0.1, -0.05) is 42.0 Å². The summed E-state index contributed by atoms with van der Waals surface area (Å²) in [5.41, 5.74) is 3.79. The lowest BCUT2D eigenvalue weighted by Crippen LogP contribution is -2.36. The molecule has 3 nitrogen and oxygen atoms in total. The van der Waals surface area contributed by atoms with Gasteiger partial charge < -0.3 is 10.0 Å². The standard InChI is InChI=1S/C19H23NO2/c1-14(2)20(12-17-6-4-5-15(3)11-17)19(22)18-9-7-16(13-21)8-10-18/h4-11,14,21H,12-13H2,1-3H3. The lowest BCUT2D eigenvalue weighted by molar-refractivity contribution is 0.0690. The quantitative estimate of drug-likeness (QED) is 0.917. The highest BCUT2D eigenvalue weighted by molar-refractivity contribution is 5.94. The summed E-state index contributed by atoms with van der Waals surface area (Å²) < 4.78 is 0. The molecule has 1 amide bonds. The van der Waals surface area contributed by atoms with E-state index in [1.54, 1.807) is 24.3 Å². The largest absolute Gasteiger partial charge is 0.392 e. The zero-order valence-electron chi connectivity index (χ0n) is 13.4. The molecular weight excluding hydrogens is 274 g/mol. The third kappa shape index (κ3) is 3.95. The van der Waals surface area contributed by atoms with Crippen LogP contribution in [0.15, 0.2) is 48.5 Å². The molecule has 0 spiro atoms.